The summed E-state index contributed by atoms with van der Waals surface area (Å²) in [6, 6.07) is 5.86. The number of thiazole rings is 1. The average molecular weight is 434 g/mol. The Labute approximate surface area is 146 Å². The zero-order valence-corrected chi connectivity index (χ0v) is 16.2. The van der Waals surface area contributed by atoms with Gasteiger partial charge in [-0.25, -0.2) is 4.98 Å². The second kappa shape index (κ2) is 7.22. The Morgan fingerprint density at radius 2 is 2.05 bits per heavy atom. The van der Waals surface area contributed by atoms with Crippen molar-refractivity contribution in [3.05, 3.63) is 43.2 Å². The molecule has 0 bridgehead atoms. The van der Waals surface area contributed by atoms with Crippen LogP contribution < -0.4 is 10.1 Å². The van der Waals surface area contributed by atoms with Crippen molar-refractivity contribution in [2.24, 2.45) is 0 Å². The molecule has 0 atom stereocenters. The minimum atomic E-state index is 0.102. The van der Waals surface area contributed by atoms with Crippen molar-refractivity contribution >= 4 is 43.2 Å². The molecule has 21 heavy (non-hydrogen) atoms. The topological polar surface area (TPSA) is 34.2 Å². The third-order valence-corrected chi connectivity index (χ3v) is 4.65. The van der Waals surface area contributed by atoms with Crippen LogP contribution in [0.15, 0.2) is 32.5 Å². The minimum absolute atomic E-state index is 0.102. The predicted molar refractivity (Wildman–Crippen MR) is 94.9 cm³/mol. The number of ether oxygens (including phenoxy) is 1. The van der Waals surface area contributed by atoms with Gasteiger partial charge in [-0.1, -0.05) is 15.9 Å². The van der Waals surface area contributed by atoms with Crippen LogP contribution in [0.3, 0.4) is 0 Å². The smallest absolute Gasteiger partial charge is 0.134 e. The van der Waals surface area contributed by atoms with Crippen LogP contribution in [0.1, 0.15) is 31.5 Å². The van der Waals surface area contributed by atoms with Gasteiger partial charge < -0.3 is 10.1 Å². The predicted octanol–water partition coefficient (Wildman–Crippen LogP) is 5.14. The van der Waals surface area contributed by atoms with Crippen LogP contribution >= 0.6 is 43.2 Å². The Kier molecular flexibility index (Phi) is 5.82. The van der Waals surface area contributed by atoms with Crippen molar-refractivity contribution in [1.82, 2.24) is 10.3 Å². The fourth-order valence-corrected chi connectivity index (χ4v) is 3.46. The molecule has 0 saturated heterocycles. The number of benzene rings is 1. The summed E-state index contributed by atoms with van der Waals surface area (Å²) in [6.45, 7) is 7.71. The lowest BCUT2D eigenvalue weighted by atomic mass is 10.1. The molecule has 0 amide bonds. The molecule has 1 aromatic carbocycles. The molecule has 0 aliphatic heterocycles. The van der Waals surface area contributed by atoms with Crippen LogP contribution in [0.25, 0.3) is 0 Å². The monoisotopic (exact) mass is 432 g/mol. The Morgan fingerprint density at radius 1 is 1.29 bits per heavy atom. The molecule has 1 heterocycles. The molecule has 0 radical (unpaired) electrons. The van der Waals surface area contributed by atoms with Gasteiger partial charge in [0.15, 0.2) is 0 Å². The van der Waals surface area contributed by atoms with Gasteiger partial charge in [-0.2, -0.15) is 0 Å². The van der Waals surface area contributed by atoms with Crippen molar-refractivity contribution in [2.45, 2.75) is 39.5 Å². The first-order valence-corrected chi connectivity index (χ1v) is 9.06. The molecule has 3 nitrogen and oxygen atoms in total. The van der Waals surface area contributed by atoms with E-state index in [4.69, 9.17) is 4.74 Å². The lowest BCUT2D eigenvalue weighted by Crippen LogP contribution is -2.35. The Bertz CT molecular complexity index is 608. The molecule has 114 valence electrons. The summed E-state index contributed by atoms with van der Waals surface area (Å²) in [7, 11) is 0. The number of rotatable bonds is 5. The second-order valence-corrected chi connectivity index (χ2v) is 8.41. The van der Waals surface area contributed by atoms with Gasteiger partial charge in [0.05, 0.1) is 10.2 Å². The summed E-state index contributed by atoms with van der Waals surface area (Å²) in [5.41, 5.74) is 1.06. The molecule has 6 heteroatoms. The molecule has 0 saturated carbocycles. The molecule has 2 aromatic rings. The first-order chi connectivity index (χ1) is 9.83. The third kappa shape index (κ3) is 5.70. The highest BCUT2D eigenvalue weighted by atomic mass is 79.9. The summed E-state index contributed by atoms with van der Waals surface area (Å²) in [5, 5.41) is 6.56. The number of hydrogen-bond donors (Lipinski definition) is 1. The average Bonchev–Trinajstić information content (AvgIpc) is 2.82. The first-order valence-electron chi connectivity index (χ1n) is 6.60. The number of halogens is 2. The SMILES string of the molecule is CC(C)(C)NCc1nc(COc2ccc(Br)cc2Br)cs1. The molecular formula is C15H18Br2N2OS. The lowest BCUT2D eigenvalue weighted by Gasteiger charge is -2.19. The minimum Gasteiger partial charge on any atom is -0.486 e. The summed E-state index contributed by atoms with van der Waals surface area (Å²) >= 11 is 8.57. The molecule has 0 spiro atoms. The Hall–Kier alpha value is -0.430. The molecular weight excluding hydrogens is 416 g/mol. The van der Waals surface area contributed by atoms with Gasteiger partial charge in [0.25, 0.3) is 0 Å². The fourth-order valence-electron chi connectivity index (χ4n) is 1.58. The standard InChI is InChI=1S/C15H18Br2N2OS/c1-15(2,3)18-7-14-19-11(9-21-14)8-20-13-5-4-10(16)6-12(13)17/h4-6,9,18H,7-8H2,1-3H3. The number of nitrogens with zero attached hydrogens (tertiary/aromatic N) is 1. The van der Waals surface area contributed by atoms with E-state index >= 15 is 0 Å². The van der Waals surface area contributed by atoms with E-state index < -0.39 is 0 Å². The van der Waals surface area contributed by atoms with Gasteiger partial charge in [0.2, 0.25) is 0 Å². The van der Waals surface area contributed by atoms with Crippen molar-refractivity contribution in [3.8, 4) is 5.75 Å². The van der Waals surface area contributed by atoms with Gasteiger partial charge in [-0.15, -0.1) is 11.3 Å². The van der Waals surface area contributed by atoms with Crippen LogP contribution in [-0.4, -0.2) is 10.5 Å². The van der Waals surface area contributed by atoms with Crippen LogP contribution in [-0.2, 0) is 13.2 Å². The van der Waals surface area contributed by atoms with Gasteiger partial charge in [-0.05, 0) is 54.9 Å². The van der Waals surface area contributed by atoms with Gasteiger partial charge in [0.1, 0.15) is 17.4 Å². The highest BCUT2D eigenvalue weighted by Gasteiger charge is 2.10. The molecule has 0 aliphatic carbocycles. The molecule has 0 unspecified atom stereocenters. The largest absolute Gasteiger partial charge is 0.486 e. The van der Waals surface area contributed by atoms with Gasteiger partial charge in [-0.3, -0.25) is 0 Å². The summed E-state index contributed by atoms with van der Waals surface area (Å²) in [6.07, 6.45) is 0. The number of aromatic nitrogens is 1. The molecule has 1 aromatic heterocycles. The van der Waals surface area contributed by atoms with E-state index in [0.717, 1.165) is 31.9 Å². The third-order valence-electron chi connectivity index (χ3n) is 2.64. The van der Waals surface area contributed by atoms with Gasteiger partial charge in [0, 0.05) is 21.9 Å². The Balaban J connectivity index is 1.90. The van der Waals surface area contributed by atoms with Crippen LogP contribution in [0, 0.1) is 0 Å². The zero-order valence-electron chi connectivity index (χ0n) is 12.2. The maximum absolute atomic E-state index is 5.79. The molecule has 1 N–H and O–H groups in total. The highest BCUT2D eigenvalue weighted by molar-refractivity contribution is 9.11. The Morgan fingerprint density at radius 3 is 2.71 bits per heavy atom. The quantitative estimate of drug-likeness (QED) is 0.709. The summed E-state index contributed by atoms with van der Waals surface area (Å²) < 4.78 is 7.74. The van der Waals surface area contributed by atoms with Crippen LogP contribution in [0.5, 0.6) is 5.75 Å². The molecule has 0 fully saturated rings. The first kappa shape index (κ1) is 16.9. The van der Waals surface area contributed by atoms with Crippen molar-refractivity contribution in [2.75, 3.05) is 0 Å². The molecule has 2 rings (SSSR count). The van der Waals surface area contributed by atoms with Crippen LogP contribution in [0.2, 0.25) is 0 Å². The van der Waals surface area contributed by atoms with Gasteiger partial charge >= 0.3 is 0 Å². The maximum atomic E-state index is 5.79. The second-order valence-electron chi connectivity index (χ2n) is 5.70. The van der Waals surface area contributed by atoms with E-state index in [9.17, 15) is 0 Å². The maximum Gasteiger partial charge on any atom is 0.134 e. The van der Waals surface area contributed by atoms with Crippen molar-refractivity contribution in [3.63, 3.8) is 0 Å². The van der Waals surface area contributed by atoms with E-state index in [-0.39, 0.29) is 5.54 Å². The summed E-state index contributed by atoms with van der Waals surface area (Å²) in [5.74, 6) is 0.820. The van der Waals surface area contributed by atoms with E-state index in [0.29, 0.717) is 6.61 Å². The summed E-state index contributed by atoms with van der Waals surface area (Å²) in [4.78, 5) is 4.58. The fraction of sp³-hybridized carbons (Fsp3) is 0.400. The number of nitrogens with one attached hydrogen (secondary N) is 1. The van der Waals surface area contributed by atoms with E-state index in [1.165, 1.54) is 0 Å². The van der Waals surface area contributed by atoms with E-state index in [1.807, 2.05) is 23.6 Å². The van der Waals surface area contributed by atoms with Crippen LogP contribution in [0.4, 0.5) is 0 Å². The zero-order chi connectivity index (χ0) is 15.5. The lowest BCUT2D eigenvalue weighted by molar-refractivity contribution is 0.299. The van der Waals surface area contributed by atoms with E-state index in [2.05, 4.69) is 62.9 Å². The van der Waals surface area contributed by atoms with Crippen molar-refractivity contribution < 1.29 is 4.74 Å². The van der Waals surface area contributed by atoms with Crippen molar-refractivity contribution in [1.29, 1.82) is 0 Å². The molecule has 0 aliphatic rings. The normalized spacial score (nSPS) is 11.7. The number of hydrogen-bond acceptors (Lipinski definition) is 4. The van der Waals surface area contributed by atoms with E-state index in [1.54, 1.807) is 11.3 Å². The highest BCUT2D eigenvalue weighted by Crippen LogP contribution is 2.28.